The SMILES string of the molecule is COc1ccc(S(=O)(=O)Nc2cc(N)ccc2Cl)cc1Br. The normalized spacial score (nSPS) is 11.2. The highest BCUT2D eigenvalue weighted by Crippen LogP contribution is 2.30. The summed E-state index contributed by atoms with van der Waals surface area (Å²) >= 11 is 9.20. The van der Waals surface area contributed by atoms with Gasteiger partial charge in [0.25, 0.3) is 10.0 Å². The van der Waals surface area contributed by atoms with Crippen molar-refractivity contribution in [2.75, 3.05) is 17.6 Å². The minimum atomic E-state index is -3.78. The molecule has 21 heavy (non-hydrogen) atoms. The molecule has 0 unspecified atom stereocenters. The van der Waals surface area contributed by atoms with E-state index in [-0.39, 0.29) is 15.6 Å². The van der Waals surface area contributed by atoms with E-state index < -0.39 is 10.0 Å². The molecule has 0 heterocycles. The monoisotopic (exact) mass is 390 g/mol. The average Bonchev–Trinajstić information content (AvgIpc) is 2.42. The lowest BCUT2D eigenvalue weighted by Crippen LogP contribution is -2.13. The van der Waals surface area contributed by atoms with Gasteiger partial charge in [-0.1, -0.05) is 11.6 Å². The number of sulfonamides is 1. The Morgan fingerprint density at radius 3 is 2.57 bits per heavy atom. The molecule has 0 saturated carbocycles. The van der Waals surface area contributed by atoms with Gasteiger partial charge in [-0.15, -0.1) is 0 Å². The van der Waals surface area contributed by atoms with E-state index >= 15 is 0 Å². The first-order chi connectivity index (χ1) is 9.83. The van der Waals surface area contributed by atoms with Crippen LogP contribution in [0.3, 0.4) is 0 Å². The number of rotatable bonds is 4. The van der Waals surface area contributed by atoms with E-state index in [0.29, 0.717) is 15.9 Å². The van der Waals surface area contributed by atoms with Crippen LogP contribution in [0.1, 0.15) is 0 Å². The van der Waals surface area contributed by atoms with E-state index in [1.165, 1.54) is 31.4 Å². The molecule has 0 spiro atoms. The third kappa shape index (κ3) is 3.61. The summed E-state index contributed by atoms with van der Waals surface area (Å²) in [4.78, 5) is 0.0775. The average molecular weight is 392 g/mol. The molecule has 0 aliphatic rings. The maximum atomic E-state index is 12.3. The van der Waals surface area contributed by atoms with Gasteiger partial charge in [-0.05, 0) is 52.3 Å². The molecule has 0 saturated heterocycles. The highest BCUT2D eigenvalue weighted by molar-refractivity contribution is 9.10. The van der Waals surface area contributed by atoms with Crippen molar-refractivity contribution in [1.29, 1.82) is 0 Å². The van der Waals surface area contributed by atoms with E-state index in [1.807, 2.05) is 0 Å². The Morgan fingerprint density at radius 2 is 1.95 bits per heavy atom. The zero-order valence-electron chi connectivity index (χ0n) is 10.9. The van der Waals surface area contributed by atoms with Gasteiger partial charge >= 0.3 is 0 Å². The number of nitrogens with two attached hydrogens (primary N) is 1. The van der Waals surface area contributed by atoms with Crippen LogP contribution in [-0.4, -0.2) is 15.5 Å². The lowest BCUT2D eigenvalue weighted by Gasteiger charge is -2.11. The Hall–Kier alpha value is -1.44. The molecular weight excluding hydrogens is 380 g/mol. The van der Waals surface area contributed by atoms with Gasteiger partial charge in [0.15, 0.2) is 0 Å². The highest BCUT2D eigenvalue weighted by Gasteiger charge is 2.17. The third-order valence-corrected chi connectivity index (χ3v) is 4.98. The molecule has 0 radical (unpaired) electrons. The van der Waals surface area contributed by atoms with Gasteiger partial charge in [-0.25, -0.2) is 8.42 Å². The smallest absolute Gasteiger partial charge is 0.261 e. The van der Waals surface area contributed by atoms with Gasteiger partial charge < -0.3 is 10.5 Å². The number of benzene rings is 2. The van der Waals surface area contributed by atoms with Crippen LogP contribution in [0.4, 0.5) is 11.4 Å². The lowest BCUT2D eigenvalue weighted by molar-refractivity contribution is 0.411. The Labute approximate surface area is 136 Å². The van der Waals surface area contributed by atoms with E-state index in [0.717, 1.165) is 0 Å². The minimum absolute atomic E-state index is 0.0775. The number of nitrogens with one attached hydrogen (secondary N) is 1. The first-order valence-corrected chi connectivity index (χ1v) is 8.40. The molecule has 0 aliphatic heterocycles. The number of hydrogen-bond acceptors (Lipinski definition) is 4. The summed E-state index contributed by atoms with van der Waals surface area (Å²) < 4.78 is 32.7. The number of nitrogen functional groups attached to an aromatic ring is 1. The van der Waals surface area contributed by atoms with Crippen molar-refractivity contribution in [2.24, 2.45) is 0 Å². The summed E-state index contributed by atoms with van der Waals surface area (Å²) in [6.07, 6.45) is 0. The molecule has 0 amide bonds. The Kier molecular flexibility index (Phi) is 4.65. The first-order valence-electron chi connectivity index (χ1n) is 5.75. The van der Waals surface area contributed by atoms with E-state index in [4.69, 9.17) is 22.1 Å². The van der Waals surface area contributed by atoms with Crippen LogP contribution in [0.2, 0.25) is 5.02 Å². The Morgan fingerprint density at radius 1 is 1.24 bits per heavy atom. The molecule has 0 atom stereocenters. The second-order valence-electron chi connectivity index (χ2n) is 4.14. The zero-order chi connectivity index (χ0) is 15.6. The molecule has 3 N–H and O–H groups in total. The lowest BCUT2D eigenvalue weighted by atomic mass is 10.3. The number of anilines is 2. The minimum Gasteiger partial charge on any atom is -0.496 e. The predicted molar refractivity (Wildman–Crippen MR) is 87.4 cm³/mol. The van der Waals surface area contributed by atoms with Gasteiger partial charge in [-0.3, -0.25) is 4.72 Å². The highest BCUT2D eigenvalue weighted by atomic mass is 79.9. The number of halogens is 2. The molecular formula is C13H12BrClN2O3S. The number of hydrogen-bond donors (Lipinski definition) is 2. The summed E-state index contributed by atoms with van der Waals surface area (Å²) in [5.41, 5.74) is 6.27. The second-order valence-corrected chi connectivity index (χ2v) is 7.09. The van der Waals surface area contributed by atoms with Crippen molar-refractivity contribution >= 4 is 48.9 Å². The molecule has 0 aliphatic carbocycles. The topological polar surface area (TPSA) is 81.4 Å². The van der Waals surface area contributed by atoms with Crippen molar-refractivity contribution in [3.05, 3.63) is 45.9 Å². The van der Waals surface area contributed by atoms with Crippen LogP contribution >= 0.6 is 27.5 Å². The molecule has 0 bridgehead atoms. The van der Waals surface area contributed by atoms with Gasteiger partial charge in [0.2, 0.25) is 0 Å². The maximum absolute atomic E-state index is 12.3. The van der Waals surface area contributed by atoms with Crippen molar-refractivity contribution < 1.29 is 13.2 Å². The first kappa shape index (κ1) is 15.9. The quantitative estimate of drug-likeness (QED) is 0.782. The van der Waals surface area contributed by atoms with Crippen molar-refractivity contribution in [1.82, 2.24) is 0 Å². The summed E-state index contributed by atoms with van der Waals surface area (Å²) in [7, 11) is -2.28. The largest absolute Gasteiger partial charge is 0.496 e. The molecule has 2 rings (SSSR count). The number of methoxy groups -OCH3 is 1. The summed E-state index contributed by atoms with van der Waals surface area (Å²) in [6.45, 7) is 0. The van der Waals surface area contributed by atoms with Gasteiger partial charge in [0.1, 0.15) is 5.75 Å². The molecule has 0 fully saturated rings. The molecule has 5 nitrogen and oxygen atoms in total. The van der Waals surface area contributed by atoms with Gasteiger partial charge in [0, 0.05) is 5.69 Å². The van der Waals surface area contributed by atoms with E-state index in [2.05, 4.69) is 20.7 Å². The molecule has 8 heteroatoms. The van der Waals surface area contributed by atoms with Crippen LogP contribution in [-0.2, 0) is 10.0 Å². The van der Waals surface area contributed by atoms with Crippen molar-refractivity contribution in [2.45, 2.75) is 4.90 Å². The fourth-order valence-corrected chi connectivity index (χ4v) is 3.65. The molecule has 0 aromatic heterocycles. The second kappa shape index (κ2) is 6.13. The van der Waals surface area contributed by atoms with Gasteiger partial charge in [0.05, 0.1) is 27.2 Å². The van der Waals surface area contributed by atoms with Crippen LogP contribution in [0, 0.1) is 0 Å². The maximum Gasteiger partial charge on any atom is 0.261 e. The van der Waals surface area contributed by atoms with Crippen LogP contribution < -0.4 is 15.2 Å². The summed E-state index contributed by atoms with van der Waals surface area (Å²) in [5.74, 6) is 0.538. The van der Waals surface area contributed by atoms with Crippen LogP contribution in [0.5, 0.6) is 5.75 Å². The van der Waals surface area contributed by atoms with Crippen molar-refractivity contribution in [3.63, 3.8) is 0 Å². The van der Waals surface area contributed by atoms with Gasteiger partial charge in [-0.2, -0.15) is 0 Å². The molecule has 112 valence electrons. The zero-order valence-corrected chi connectivity index (χ0v) is 14.1. The summed E-state index contributed by atoms with van der Waals surface area (Å²) in [5, 5.41) is 0.264. The Balaban J connectivity index is 2.38. The summed E-state index contributed by atoms with van der Waals surface area (Å²) in [6, 6.07) is 9.01. The molecule has 2 aromatic rings. The predicted octanol–water partition coefficient (Wildman–Crippen LogP) is 3.49. The van der Waals surface area contributed by atoms with Crippen LogP contribution in [0.25, 0.3) is 0 Å². The molecule has 2 aromatic carbocycles. The van der Waals surface area contributed by atoms with E-state index in [9.17, 15) is 8.42 Å². The van der Waals surface area contributed by atoms with E-state index in [1.54, 1.807) is 12.1 Å². The van der Waals surface area contributed by atoms with Crippen molar-refractivity contribution in [3.8, 4) is 5.75 Å². The third-order valence-electron chi connectivity index (χ3n) is 2.67. The van der Waals surface area contributed by atoms with Crippen LogP contribution in [0.15, 0.2) is 45.8 Å². The fraction of sp³-hybridized carbons (Fsp3) is 0.0769. The number of ether oxygens (including phenoxy) is 1. The standard InChI is InChI=1S/C13H12BrClN2O3S/c1-20-13-5-3-9(7-10(13)14)21(18,19)17-12-6-8(16)2-4-11(12)15/h2-7,17H,16H2,1H3. The fourth-order valence-electron chi connectivity index (χ4n) is 1.64. The Bertz CT molecular complexity index is 781.